The number of carbonyl (C=O) groups is 1. The van der Waals surface area contributed by atoms with Crippen LogP contribution in [0.15, 0.2) is 65.7 Å². The minimum Gasteiger partial charge on any atom is -0.356 e. The third-order valence-corrected chi connectivity index (χ3v) is 7.96. The summed E-state index contributed by atoms with van der Waals surface area (Å²) in [4.78, 5) is 12.6. The Kier molecular flexibility index (Phi) is 6.58. The first-order valence-electron chi connectivity index (χ1n) is 10.8. The molecule has 4 rings (SSSR count). The number of aryl methyl sites for hydroxylation is 1. The first-order valence-corrected chi connectivity index (χ1v) is 12.3. The Bertz CT molecular complexity index is 1250. The number of fused-ring (bicyclic) bond motifs is 1. The molecule has 1 fully saturated rings. The van der Waals surface area contributed by atoms with Crippen LogP contribution >= 0.6 is 0 Å². The van der Waals surface area contributed by atoms with Gasteiger partial charge in [-0.1, -0.05) is 30.3 Å². The molecule has 0 bridgehead atoms. The van der Waals surface area contributed by atoms with E-state index in [2.05, 4.69) is 34.3 Å². The van der Waals surface area contributed by atoms with Crippen LogP contribution in [-0.4, -0.2) is 42.8 Å². The Labute approximate surface area is 188 Å². The molecule has 0 aliphatic carbocycles. The third-order valence-electron chi connectivity index (χ3n) is 6.01. The summed E-state index contributed by atoms with van der Waals surface area (Å²) in [7, 11) is -3.74. The van der Waals surface area contributed by atoms with E-state index in [1.807, 2.05) is 18.2 Å². The van der Waals surface area contributed by atoms with E-state index in [-0.39, 0.29) is 35.4 Å². The Morgan fingerprint density at radius 1 is 1.06 bits per heavy atom. The van der Waals surface area contributed by atoms with Crippen LogP contribution in [0, 0.1) is 17.2 Å². The number of nitrogens with zero attached hydrogens (tertiary/aromatic N) is 3. The zero-order valence-electron chi connectivity index (χ0n) is 17.8. The van der Waals surface area contributed by atoms with Crippen LogP contribution in [0.1, 0.15) is 24.8 Å². The van der Waals surface area contributed by atoms with Gasteiger partial charge >= 0.3 is 0 Å². The molecule has 0 atom stereocenters. The molecular formula is C24H26N4O3S. The lowest BCUT2D eigenvalue weighted by Gasteiger charge is -2.30. The molecule has 8 heteroatoms. The largest absolute Gasteiger partial charge is 0.356 e. The van der Waals surface area contributed by atoms with Crippen molar-refractivity contribution in [2.24, 2.45) is 5.92 Å². The van der Waals surface area contributed by atoms with Gasteiger partial charge in [0.15, 0.2) is 0 Å². The van der Waals surface area contributed by atoms with Gasteiger partial charge in [0.05, 0.1) is 10.5 Å². The molecule has 2 aromatic carbocycles. The predicted octanol–water partition coefficient (Wildman–Crippen LogP) is 3.12. The predicted molar refractivity (Wildman–Crippen MR) is 122 cm³/mol. The summed E-state index contributed by atoms with van der Waals surface area (Å²) < 4.78 is 29.4. The van der Waals surface area contributed by atoms with Crippen molar-refractivity contribution in [1.29, 1.82) is 5.26 Å². The van der Waals surface area contributed by atoms with Crippen LogP contribution in [-0.2, 0) is 21.4 Å². The number of nitrogens with one attached hydrogen (secondary N) is 1. The molecule has 3 aromatic rings. The molecule has 0 saturated carbocycles. The number of carbonyl (C=O) groups excluding carboxylic acids is 1. The molecule has 1 aromatic heterocycles. The lowest BCUT2D eigenvalue weighted by molar-refractivity contribution is -0.126. The fourth-order valence-corrected chi connectivity index (χ4v) is 5.83. The van der Waals surface area contributed by atoms with Gasteiger partial charge in [0.1, 0.15) is 6.07 Å². The maximum atomic E-state index is 12.9. The molecule has 1 N–H and O–H groups in total. The number of hydrogen-bond donors (Lipinski definition) is 1. The number of benzene rings is 2. The highest BCUT2D eigenvalue weighted by Gasteiger charge is 2.33. The van der Waals surface area contributed by atoms with E-state index in [0.29, 0.717) is 19.4 Å². The lowest BCUT2D eigenvalue weighted by atomic mass is 9.97. The molecule has 0 radical (unpaired) electrons. The number of amides is 1. The van der Waals surface area contributed by atoms with E-state index in [1.165, 1.54) is 27.3 Å². The monoisotopic (exact) mass is 450 g/mol. The first kappa shape index (κ1) is 22.1. The summed E-state index contributed by atoms with van der Waals surface area (Å²) in [6.07, 6.45) is 3.83. The Hall–Kier alpha value is -3.15. The van der Waals surface area contributed by atoms with Crippen LogP contribution in [0.3, 0.4) is 0 Å². The van der Waals surface area contributed by atoms with Crippen molar-refractivity contribution in [1.82, 2.24) is 14.2 Å². The Balaban J connectivity index is 1.26. The second-order valence-electron chi connectivity index (χ2n) is 8.00. The smallest absolute Gasteiger partial charge is 0.244 e. The van der Waals surface area contributed by atoms with Crippen molar-refractivity contribution < 1.29 is 13.2 Å². The molecule has 166 valence electrons. The molecule has 32 heavy (non-hydrogen) atoms. The van der Waals surface area contributed by atoms with E-state index >= 15 is 0 Å². The SMILES string of the molecule is N#Cc1ccccc1S(=O)(=O)N1CCC(C(=O)NCCCn2ccc3ccccc32)CC1. The number of rotatable bonds is 7. The van der Waals surface area contributed by atoms with Crippen LogP contribution in [0.2, 0.25) is 0 Å². The number of sulfonamides is 1. The van der Waals surface area contributed by atoms with E-state index < -0.39 is 10.0 Å². The second-order valence-corrected chi connectivity index (χ2v) is 9.91. The summed E-state index contributed by atoms with van der Waals surface area (Å²) in [6.45, 7) is 1.95. The van der Waals surface area contributed by atoms with E-state index in [4.69, 9.17) is 0 Å². The molecule has 1 aliphatic rings. The fraction of sp³-hybridized carbons (Fsp3) is 0.333. The van der Waals surface area contributed by atoms with Crippen molar-refractivity contribution in [2.75, 3.05) is 19.6 Å². The van der Waals surface area contributed by atoms with E-state index in [9.17, 15) is 18.5 Å². The summed E-state index contributed by atoms with van der Waals surface area (Å²) in [6, 6.07) is 18.5. The van der Waals surface area contributed by atoms with Crippen LogP contribution in [0.4, 0.5) is 0 Å². The molecule has 0 spiro atoms. The maximum Gasteiger partial charge on any atom is 0.244 e. The first-order chi connectivity index (χ1) is 15.5. The van der Waals surface area contributed by atoms with Crippen LogP contribution in [0.5, 0.6) is 0 Å². The molecule has 7 nitrogen and oxygen atoms in total. The van der Waals surface area contributed by atoms with Gasteiger partial charge in [-0.2, -0.15) is 9.57 Å². The fourth-order valence-electron chi connectivity index (χ4n) is 4.22. The van der Waals surface area contributed by atoms with Crippen molar-refractivity contribution in [3.05, 3.63) is 66.4 Å². The van der Waals surface area contributed by atoms with Gasteiger partial charge in [-0.15, -0.1) is 0 Å². The maximum absolute atomic E-state index is 12.9. The molecule has 1 amide bonds. The normalized spacial score (nSPS) is 15.5. The zero-order chi connectivity index (χ0) is 22.6. The number of nitriles is 1. The number of piperidine rings is 1. The minimum absolute atomic E-state index is 0.0168. The summed E-state index contributed by atoms with van der Waals surface area (Å²) in [5, 5.41) is 13.4. The molecule has 1 aliphatic heterocycles. The average molecular weight is 451 g/mol. The summed E-state index contributed by atoms with van der Waals surface area (Å²) in [5.74, 6) is -0.211. The second kappa shape index (κ2) is 9.55. The van der Waals surface area contributed by atoms with Crippen LogP contribution < -0.4 is 5.32 Å². The standard InChI is InChI=1S/C24H26N4O3S/c25-18-21-7-2-4-9-23(21)32(30,31)28-16-11-20(12-17-28)24(29)26-13-5-14-27-15-10-19-6-1-3-8-22(19)27/h1-4,6-10,15,20H,5,11-14,16-17H2,(H,26,29). The highest BCUT2D eigenvalue weighted by Crippen LogP contribution is 2.25. The van der Waals surface area contributed by atoms with Crippen molar-refractivity contribution in [2.45, 2.75) is 30.7 Å². The van der Waals surface area contributed by atoms with E-state index in [0.717, 1.165) is 13.0 Å². The van der Waals surface area contributed by atoms with Gasteiger partial charge in [0.2, 0.25) is 15.9 Å². The van der Waals surface area contributed by atoms with Crippen molar-refractivity contribution >= 4 is 26.8 Å². The number of aromatic nitrogens is 1. The number of para-hydroxylation sites is 1. The summed E-state index contributed by atoms with van der Waals surface area (Å²) >= 11 is 0. The zero-order valence-corrected chi connectivity index (χ0v) is 18.6. The Morgan fingerprint density at radius 3 is 2.56 bits per heavy atom. The molecular weight excluding hydrogens is 424 g/mol. The molecule has 0 unspecified atom stereocenters. The van der Waals surface area contributed by atoms with Gasteiger partial charge in [-0.3, -0.25) is 4.79 Å². The number of hydrogen-bond acceptors (Lipinski definition) is 4. The quantitative estimate of drug-likeness (QED) is 0.560. The highest BCUT2D eigenvalue weighted by atomic mass is 32.2. The van der Waals surface area contributed by atoms with Gasteiger partial charge in [0.25, 0.3) is 0 Å². The Morgan fingerprint density at radius 2 is 1.78 bits per heavy atom. The van der Waals surface area contributed by atoms with Gasteiger partial charge in [-0.25, -0.2) is 8.42 Å². The summed E-state index contributed by atoms with van der Waals surface area (Å²) in [5.41, 5.74) is 1.33. The topological polar surface area (TPSA) is 95.2 Å². The van der Waals surface area contributed by atoms with E-state index in [1.54, 1.807) is 12.1 Å². The lowest BCUT2D eigenvalue weighted by Crippen LogP contribution is -2.43. The highest BCUT2D eigenvalue weighted by molar-refractivity contribution is 7.89. The average Bonchev–Trinajstić information content (AvgIpc) is 3.25. The van der Waals surface area contributed by atoms with Gasteiger partial charge in [0, 0.05) is 43.8 Å². The van der Waals surface area contributed by atoms with Crippen molar-refractivity contribution in [3.8, 4) is 6.07 Å². The van der Waals surface area contributed by atoms with Crippen LogP contribution in [0.25, 0.3) is 10.9 Å². The van der Waals surface area contributed by atoms with Crippen molar-refractivity contribution in [3.63, 3.8) is 0 Å². The molecule has 1 saturated heterocycles. The van der Waals surface area contributed by atoms with Gasteiger partial charge in [-0.05, 0) is 48.9 Å². The third kappa shape index (κ3) is 4.54. The minimum atomic E-state index is -3.74. The molecule has 2 heterocycles. The van der Waals surface area contributed by atoms with Gasteiger partial charge < -0.3 is 9.88 Å².